The molecule has 2 aliphatic carbocycles. The number of hydrogen-bond acceptors (Lipinski definition) is 13. The lowest BCUT2D eigenvalue weighted by Crippen LogP contribution is -2.84. The van der Waals surface area contributed by atoms with Crippen molar-refractivity contribution in [1.29, 1.82) is 0 Å². The molecule has 13 nitrogen and oxygen atoms in total. The highest BCUT2D eigenvalue weighted by atomic mass is 16.7. The monoisotopic (exact) mass is 707 g/mol. The fraction of sp³-hybridized carbons (Fsp3) is 0.605. The van der Waals surface area contributed by atoms with E-state index in [9.17, 15) is 29.4 Å². The third-order valence-electron chi connectivity index (χ3n) is 12.7. The molecule has 10 atom stereocenters. The molecule has 7 rings (SSSR count). The molecule has 5 aliphatic rings. The van der Waals surface area contributed by atoms with Gasteiger partial charge in [0.1, 0.15) is 17.5 Å². The molecule has 2 aromatic heterocycles. The summed E-state index contributed by atoms with van der Waals surface area (Å²) in [4.78, 5) is 58.6. The van der Waals surface area contributed by atoms with Crippen LogP contribution in [0.4, 0.5) is 0 Å². The Hall–Kier alpha value is -4.07. The van der Waals surface area contributed by atoms with Gasteiger partial charge in [-0.05, 0) is 55.5 Å². The first-order valence-corrected chi connectivity index (χ1v) is 17.5. The molecule has 274 valence electrons. The summed E-state index contributed by atoms with van der Waals surface area (Å²) in [5.41, 5.74) is -7.83. The number of aliphatic hydroxyl groups is 2. The van der Waals surface area contributed by atoms with E-state index >= 15 is 0 Å². The summed E-state index contributed by atoms with van der Waals surface area (Å²) in [5, 5.41) is 26.8. The molecule has 1 spiro atoms. The Kier molecular flexibility index (Phi) is 7.94. The fourth-order valence-corrected chi connectivity index (χ4v) is 10.6. The van der Waals surface area contributed by atoms with Gasteiger partial charge in [0.05, 0.1) is 24.4 Å². The van der Waals surface area contributed by atoms with E-state index in [2.05, 4.69) is 4.98 Å². The minimum absolute atomic E-state index is 0.0688. The van der Waals surface area contributed by atoms with E-state index in [0.29, 0.717) is 24.2 Å². The second kappa shape index (κ2) is 11.5. The van der Waals surface area contributed by atoms with Crippen LogP contribution in [0, 0.1) is 34.0 Å². The zero-order valence-corrected chi connectivity index (χ0v) is 29.8. The fourth-order valence-electron chi connectivity index (χ4n) is 10.6. The van der Waals surface area contributed by atoms with Gasteiger partial charge in [-0.2, -0.15) is 0 Å². The number of aromatic nitrogens is 1. The van der Waals surface area contributed by atoms with Crippen LogP contribution in [-0.2, 0) is 38.1 Å². The Bertz CT molecular complexity index is 1790. The number of carbonyl (C=O) groups excluding carboxylic acids is 4. The first-order chi connectivity index (χ1) is 23.9. The third kappa shape index (κ3) is 4.40. The van der Waals surface area contributed by atoms with Crippen molar-refractivity contribution in [3.8, 4) is 0 Å². The molecular weight excluding hydrogens is 662 g/mol. The van der Waals surface area contributed by atoms with E-state index in [-0.39, 0.29) is 18.6 Å². The maximum Gasteiger partial charge on any atom is 0.340 e. The molecule has 2 aromatic rings. The van der Waals surface area contributed by atoms with Crippen molar-refractivity contribution in [2.24, 2.45) is 34.0 Å². The van der Waals surface area contributed by atoms with Crippen molar-refractivity contribution in [3.63, 3.8) is 0 Å². The van der Waals surface area contributed by atoms with Gasteiger partial charge < -0.3 is 38.3 Å². The first-order valence-electron chi connectivity index (χ1n) is 17.5. The number of ether oxygens (including phenoxy) is 5. The predicted molar refractivity (Wildman–Crippen MR) is 175 cm³/mol. The summed E-state index contributed by atoms with van der Waals surface area (Å²) < 4.78 is 36.5. The molecule has 51 heavy (non-hydrogen) atoms. The van der Waals surface area contributed by atoms with Gasteiger partial charge in [0.25, 0.3) is 0 Å². The van der Waals surface area contributed by atoms with Crippen molar-refractivity contribution in [2.45, 2.75) is 103 Å². The standard InChI is InChI=1S/C38H45NO12/c1-8-46-26(40)17-24-33(4,5)31(50-30(43)21-11-9-15-39-19-21)37(44)32(49-29(42)20(2)3)36-23(35(24,7)38(37,45)51-36)13-14-34(6)25(36)18-27(41)48-28(34)22-12-10-16-47-22/h9-12,15-16,18-20,23-24,28,31-32,44-45H,8,13-14,17H2,1-7H3/t23-,24+,28+,31+,32+,34-,35-,36-,37+,38-/m1/s1. The number of nitrogens with zero attached hydrogens (tertiary/aromatic N) is 1. The molecule has 2 saturated carbocycles. The van der Waals surface area contributed by atoms with Crippen molar-refractivity contribution >= 4 is 23.9 Å². The smallest absolute Gasteiger partial charge is 0.340 e. The van der Waals surface area contributed by atoms with Gasteiger partial charge in [0, 0.05) is 47.1 Å². The predicted octanol–water partition coefficient (Wildman–Crippen LogP) is 4.23. The summed E-state index contributed by atoms with van der Waals surface area (Å²) >= 11 is 0. The van der Waals surface area contributed by atoms with Crippen LogP contribution in [0.5, 0.6) is 0 Å². The summed E-state index contributed by atoms with van der Waals surface area (Å²) in [7, 11) is 0. The van der Waals surface area contributed by atoms with Crippen LogP contribution in [0.25, 0.3) is 0 Å². The first kappa shape index (κ1) is 35.3. The lowest BCUT2D eigenvalue weighted by molar-refractivity contribution is -0.384. The Balaban J connectivity index is 1.50. The maximum absolute atomic E-state index is 13.9. The van der Waals surface area contributed by atoms with Crippen LogP contribution in [0.2, 0.25) is 0 Å². The molecule has 2 bridgehead atoms. The number of furan rings is 1. The second-order valence-corrected chi connectivity index (χ2v) is 15.9. The van der Waals surface area contributed by atoms with Crippen molar-refractivity contribution in [2.75, 3.05) is 6.61 Å². The minimum Gasteiger partial charge on any atom is -0.466 e. The summed E-state index contributed by atoms with van der Waals surface area (Å²) in [6.07, 6.45) is 1.83. The highest BCUT2D eigenvalue weighted by molar-refractivity contribution is 5.89. The van der Waals surface area contributed by atoms with Crippen molar-refractivity contribution in [1.82, 2.24) is 4.98 Å². The molecule has 0 radical (unpaired) electrons. The molecule has 4 fully saturated rings. The van der Waals surface area contributed by atoms with E-state index in [1.54, 1.807) is 59.7 Å². The average molecular weight is 708 g/mol. The molecule has 0 amide bonds. The van der Waals surface area contributed by atoms with Gasteiger partial charge in [-0.15, -0.1) is 0 Å². The van der Waals surface area contributed by atoms with Gasteiger partial charge in [0.15, 0.2) is 17.8 Å². The molecule has 5 heterocycles. The van der Waals surface area contributed by atoms with Gasteiger partial charge >= 0.3 is 23.9 Å². The van der Waals surface area contributed by atoms with E-state index < -0.39 is 93.2 Å². The number of fused-ring (bicyclic) bond motifs is 2. The van der Waals surface area contributed by atoms with Crippen LogP contribution in [-0.4, -0.2) is 74.9 Å². The summed E-state index contributed by atoms with van der Waals surface area (Å²) in [6.45, 7) is 12.2. The van der Waals surface area contributed by atoms with E-state index in [0.717, 1.165) is 0 Å². The molecule has 13 heteroatoms. The lowest BCUT2D eigenvalue weighted by atomic mass is 9.36. The van der Waals surface area contributed by atoms with Crippen LogP contribution >= 0.6 is 0 Å². The van der Waals surface area contributed by atoms with Gasteiger partial charge in [-0.3, -0.25) is 14.6 Å². The van der Waals surface area contributed by atoms with Crippen LogP contribution in [0.3, 0.4) is 0 Å². The largest absolute Gasteiger partial charge is 0.466 e. The summed E-state index contributed by atoms with van der Waals surface area (Å²) in [6, 6.07) is 6.42. The molecule has 2 saturated heterocycles. The van der Waals surface area contributed by atoms with E-state index in [1.807, 2.05) is 6.92 Å². The van der Waals surface area contributed by atoms with Gasteiger partial charge in [-0.25, -0.2) is 9.59 Å². The number of rotatable bonds is 8. The summed E-state index contributed by atoms with van der Waals surface area (Å²) in [5.74, 6) is -7.30. The third-order valence-corrected chi connectivity index (χ3v) is 12.7. The number of esters is 4. The Morgan fingerprint density at radius 1 is 1.06 bits per heavy atom. The Labute approximate surface area is 295 Å². The van der Waals surface area contributed by atoms with Crippen LogP contribution < -0.4 is 0 Å². The highest BCUT2D eigenvalue weighted by Crippen LogP contribution is 2.82. The zero-order chi connectivity index (χ0) is 36.9. The lowest BCUT2D eigenvalue weighted by Gasteiger charge is -2.69. The molecule has 3 aliphatic heterocycles. The quantitative estimate of drug-likeness (QED) is 0.294. The number of carbonyl (C=O) groups is 4. The van der Waals surface area contributed by atoms with Gasteiger partial charge in [0.2, 0.25) is 5.79 Å². The average Bonchev–Trinajstić information content (AvgIpc) is 3.74. The molecule has 0 unspecified atom stereocenters. The van der Waals surface area contributed by atoms with E-state index in [1.165, 1.54) is 30.8 Å². The minimum atomic E-state index is -2.63. The van der Waals surface area contributed by atoms with Crippen LogP contribution in [0.1, 0.15) is 90.0 Å². The van der Waals surface area contributed by atoms with Crippen molar-refractivity contribution in [3.05, 3.63) is 65.9 Å². The number of cyclic esters (lactones) is 1. The maximum atomic E-state index is 13.9. The SMILES string of the molecule is CCOC(=O)C[C@H]1C(C)(C)[C@H](OC(=O)c2cccnc2)[C@]2(O)[C@@H](OC(=O)C(C)C)[C@@]34O[C@]2(O)[C@]1(C)[C@H]3CC[C@]1(C)C4=CC(=O)O[C@H]1c1ccco1. The Morgan fingerprint density at radius 2 is 1.80 bits per heavy atom. The number of pyridine rings is 1. The molecule has 2 N–H and O–H groups in total. The van der Waals surface area contributed by atoms with Crippen LogP contribution in [0.15, 0.2) is 59.0 Å². The van der Waals surface area contributed by atoms with E-state index in [4.69, 9.17) is 28.1 Å². The molecular formula is C38H45NO12. The Morgan fingerprint density at radius 3 is 2.43 bits per heavy atom. The second-order valence-electron chi connectivity index (χ2n) is 15.9. The molecule has 0 aromatic carbocycles. The zero-order valence-electron chi connectivity index (χ0n) is 29.8. The number of hydrogen-bond donors (Lipinski definition) is 2. The highest BCUT2D eigenvalue weighted by Gasteiger charge is 2.96. The van der Waals surface area contributed by atoms with Gasteiger partial charge in [-0.1, -0.05) is 41.5 Å². The topological polar surface area (TPSA) is 181 Å². The van der Waals surface area contributed by atoms with Crippen molar-refractivity contribution < 1.29 is 57.5 Å². The normalized spacial score (nSPS) is 40.1.